The van der Waals surface area contributed by atoms with Crippen LogP contribution in [0.15, 0.2) is 62.7 Å². The summed E-state index contributed by atoms with van der Waals surface area (Å²) in [4.78, 5) is 12.9. The molecule has 0 aliphatic rings. The quantitative estimate of drug-likeness (QED) is 0.568. The van der Waals surface area contributed by atoms with E-state index in [0.29, 0.717) is 5.56 Å². The minimum Gasteiger partial charge on any atom is -0.403 e. The molecular weight excluding hydrogens is 419 g/mol. The average Bonchev–Trinajstić information content (AvgIpc) is 3.16. The van der Waals surface area contributed by atoms with Crippen LogP contribution in [0, 0.1) is 5.82 Å². The van der Waals surface area contributed by atoms with Crippen LogP contribution in [0.1, 0.15) is 0 Å². The first-order valence-corrected chi connectivity index (χ1v) is 10.7. The van der Waals surface area contributed by atoms with Gasteiger partial charge in [-0.1, -0.05) is 5.10 Å². The van der Waals surface area contributed by atoms with E-state index in [1.165, 1.54) is 50.1 Å². The van der Waals surface area contributed by atoms with Gasteiger partial charge < -0.3 is 4.42 Å². The molecule has 1 aromatic heterocycles. The SMILES string of the molecule is CN(C)S(=O)(=O)c1ccc(-c2nnc(NC(=O)CSc3ccc(F)cc3)o2)cc1. The van der Waals surface area contributed by atoms with Gasteiger partial charge in [0.05, 0.1) is 10.6 Å². The summed E-state index contributed by atoms with van der Waals surface area (Å²) < 4.78 is 43.6. The number of nitrogens with one attached hydrogen (secondary N) is 1. The zero-order valence-corrected chi connectivity index (χ0v) is 17.1. The van der Waals surface area contributed by atoms with Crippen LogP contribution >= 0.6 is 11.8 Å². The van der Waals surface area contributed by atoms with Crippen LogP contribution in [-0.2, 0) is 14.8 Å². The van der Waals surface area contributed by atoms with Gasteiger partial charge in [-0.2, -0.15) is 0 Å². The van der Waals surface area contributed by atoms with Crippen molar-refractivity contribution in [2.24, 2.45) is 0 Å². The molecule has 11 heteroatoms. The Labute approximate surface area is 171 Å². The molecule has 8 nitrogen and oxygen atoms in total. The van der Waals surface area contributed by atoms with Gasteiger partial charge in [0.25, 0.3) is 0 Å². The molecule has 0 fully saturated rings. The zero-order chi connectivity index (χ0) is 21.0. The van der Waals surface area contributed by atoms with Crippen LogP contribution in [0.2, 0.25) is 0 Å². The number of carbonyl (C=O) groups is 1. The highest BCUT2D eigenvalue weighted by molar-refractivity contribution is 8.00. The summed E-state index contributed by atoms with van der Waals surface area (Å²) in [5, 5.41) is 10.1. The van der Waals surface area contributed by atoms with Crippen molar-refractivity contribution in [3.63, 3.8) is 0 Å². The summed E-state index contributed by atoms with van der Waals surface area (Å²) in [7, 11) is -0.634. The second-order valence-electron chi connectivity index (χ2n) is 6.01. The number of rotatable bonds is 7. The average molecular weight is 436 g/mol. The van der Waals surface area contributed by atoms with Gasteiger partial charge in [0, 0.05) is 24.6 Å². The van der Waals surface area contributed by atoms with Gasteiger partial charge in [0.15, 0.2) is 0 Å². The minimum absolute atomic E-state index is 0.0744. The van der Waals surface area contributed by atoms with E-state index in [-0.39, 0.29) is 34.3 Å². The molecule has 0 bridgehead atoms. The summed E-state index contributed by atoms with van der Waals surface area (Å²) in [6.07, 6.45) is 0. The number of hydrogen-bond acceptors (Lipinski definition) is 7. The first-order chi connectivity index (χ1) is 13.8. The molecule has 1 amide bonds. The molecule has 0 aliphatic carbocycles. The number of halogens is 1. The van der Waals surface area contributed by atoms with E-state index in [1.807, 2.05) is 0 Å². The lowest BCUT2D eigenvalue weighted by Crippen LogP contribution is -2.22. The molecular formula is C18H17FN4O4S2. The molecule has 1 N–H and O–H groups in total. The van der Waals surface area contributed by atoms with Crippen molar-refractivity contribution in [2.75, 3.05) is 25.2 Å². The van der Waals surface area contributed by atoms with Gasteiger partial charge in [-0.15, -0.1) is 16.9 Å². The molecule has 0 spiro atoms. The van der Waals surface area contributed by atoms with E-state index in [9.17, 15) is 17.6 Å². The number of sulfonamides is 1. The Morgan fingerprint density at radius 2 is 1.76 bits per heavy atom. The second-order valence-corrected chi connectivity index (χ2v) is 9.22. The Morgan fingerprint density at radius 1 is 1.10 bits per heavy atom. The lowest BCUT2D eigenvalue weighted by molar-refractivity contribution is -0.113. The molecule has 1 heterocycles. The molecule has 0 unspecified atom stereocenters. The van der Waals surface area contributed by atoms with E-state index in [2.05, 4.69) is 15.5 Å². The topological polar surface area (TPSA) is 105 Å². The van der Waals surface area contributed by atoms with Crippen LogP contribution in [0.25, 0.3) is 11.5 Å². The number of hydrogen-bond donors (Lipinski definition) is 1. The third-order valence-electron chi connectivity index (χ3n) is 3.73. The van der Waals surface area contributed by atoms with Gasteiger partial charge >= 0.3 is 6.01 Å². The number of amides is 1. The highest BCUT2D eigenvalue weighted by Crippen LogP contribution is 2.23. The fourth-order valence-corrected chi connectivity index (χ4v) is 3.81. The van der Waals surface area contributed by atoms with E-state index in [0.717, 1.165) is 9.20 Å². The Morgan fingerprint density at radius 3 is 2.38 bits per heavy atom. The Bertz CT molecular complexity index is 1100. The fraction of sp³-hybridized carbons (Fsp3) is 0.167. The fourth-order valence-electron chi connectivity index (χ4n) is 2.21. The predicted octanol–water partition coefficient (Wildman–Crippen LogP) is 2.86. The number of benzene rings is 2. The summed E-state index contributed by atoms with van der Waals surface area (Å²) in [5.41, 5.74) is 0.511. The maximum atomic E-state index is 12.9. The van der Waals surface area contributed by atoms with E-state index in [1.54, 1.807) is 24.3 Å². The Kier molecular flexibility index (Phi) is 6.30. The molecule has 0 radical (unpaired) electrons. The van der Waals surface area contributed by atoms with Gasteiger partial charge in [0.1, 0.15) is 5.82 Å². The van der Waals surface area contributed by atoms with E-state index < -0.39 is 10.0 Å². The summed E-state index contributed by atoms with van der Waals surface area (Å²) >= 11 is 1.24. The highest BCUT2D eigenvalue weighted by Gasteiger charge is 2.18. The van der Waals surface area contributed by atoms with Gasteiger partial charge in [0.2, 0.25) is 21.8 Å². The predicted molar refractivity (Wildman–Crippen MR) is 106 cm³/mol. The van der Waals surface area contributed by atoms with Gasteiger partial charge in [-0.25, -0.2) is 17.1 Å². The molecule has 2 aromatic carbocycles. The first kappa shape index (κ1) is 21.0. The van der Waals surface area contributed by atoms with E-state index >= 15 is 0 Å². The lowest BCUT2D eigenvalue weighted by atomic mass is 10.2. The van der Waals surface area contributed by atoms with Crippen LogP contribution in [0.3, 0.4) is 0 Å². The third kappa shape index (κ3) is 5.19. The highest BCUT2D eigenvalue weighted by atomic mass is 32.2. The Hall–Kier alpha value is -2.76. The molecule has 3 aromatic rings. The molecule has 152 valence electrons. The zero-order valence-electron chi connectivity index (χ0n) is 15.5. The van der Waals surface area contributed by atoms with Gasteiger partial charge in [-0.05, 0) is 48.5 Å². The van der Waals surface area contributed by atoms with E-state index in [4.69, 9.17) is 4.42 Å². The normalized spacial score (nSPS) is 11.6. The van der Waals surface area contributed by atoms with Crippen LogP contribution in [0.4, 0.5) is 10.4 Å². The number of carbonyl (C=O) groups excluding carboxylic acids is 1. The Balaban J connectivity index is 1.61. The van der Waals surface area contributed by atoms with Crippen LogP contribution in [-0.4, -0.2) is 48.7 Å². The number of thioether (sulfide) groups is 1. The molecule has 29 heavy (non-hydrogen) atoms. The lowest BCUT2D eigenvalue weighted by Gasteiger charge is -2.11. The molecule has 0 saturated carbocycles. The summed E-state index contributed by atoms with van der Waals surface area (Å²) in [6.45, 7) is 0. The summed E-state index contributed by atoms with van der Waals surface area (Å²) in [6, 6.07) is 11.7. The van der Waals surface area contributed by atoms with Gasteiger partial charge in [-0.3, -0.25) is 10.1 Å². The smallest absolute Gasteiger partial charge is 0.322 e. The first-order valence-electron chi connectivity index (χ1n) is 8.30. The molecule has 3 rings (SSSR count). The monoisotopic (exact) mass is 436 g/mol. The molecule has 0 aliphatic heterocycles. The number of anilines is 1. The number of nitrogens with zero attached hydrogens (tertiary/aromatic N) is 3. The third-order valence-corrected chi connectivity index (χ3v) is 6.58. The minimum atomic E-state index is -3.53. The maximum Gasteiger partial charge on any atom is 0.322 e. The van der Waals surface area contributed by atoms with Crippen LogP contribution in [0.5, 0.6) is 0 Å². The molecule has 0 atom stereocenters. The summed E-state index contributed by atoms with van der Waals surface area (Å²) in [5.74, 6) is -0.479. The molecule has 0 saturated heterocycles. The number of aromatic nitrogens is 2. The van der Waals surface area contributed by atoms with Crippen molar-refractivity contribution in [3.05, 3.63) is 54.3 Å². The van der Waals surface area contributed by atoms with Crippen molar-refractivity contribution in [1.82, 2.24) is 14.5 Å². The second kappa shape index (κ2) is 8.72. The van der Waals surface area contributed by atoms with Crippen LogP contribution < -0.4 is 5.32 Å². The van der Waals surface area contributed by atoms with Crippen molar-refractivity contribution in [3.8, 4) is 11.5 Å². The van der Waals surface area contributed by atoms with Crippen molar-refractivity contribution in [1.29, 1.82) is 0 Å². The van der Waals surface area contributed by atoms with Crippen molar-refractivity contribution >= 4 is 33.7 Å². The largest absolute Gasteiger partial charge is 0.403 e. The maximum absolute atomic E-state index is 12.9. The standard InChI is InChI=1S/C18H17FN4O4S2/c1-23(2)29(25,26)15-9-3-12(4-10-15)17-21-22-18(27-17)20-16(24)11-28-14-7-5-13(19)6-8-14/h3-10H,11H2,1-2H3,(H,20,22,24). The van der Waals surface area contributed by atoms with Crippen molar-refractivity contribution in [2.45, 2.75) is 9.79 Å². The van der Waals surface area contributed by atoms with Crippen molar-refractivity contribution < 1.29 is 22.0 Å².